The summed E-state index contributed by atoms with van der Waals surface area (Å²) in [6.45, 7) is 19.9. The molecule has 9 rings (SSSR count). The molecule has 1 aromatic heterocycles. The molecule has 3 N–H and O–H groups in total. The number of benzene rings is 1. The van der Waals surface area contributed by atoms with Gasteiger partial charge in [-0.2, -0.15) is 0 Å². The molecule has 2 aliphatic heterocycles. The van der Waals surface area contributed by atoms with Crippen LogP contribution in [0, 0.1) is 23.2 Å². The van der Waals surface area contributed by atoms with E-state index in [2.05, 4.69) is 58.0 Å². The minimum absolute atomic E-state index is 0.0144. The van der Waals surface area contributed by atoms with Gasteiger partial charge in [0.15, 0.2) is 0 Å². The van der Waals surface area contributed by atoms with Gasteiger partial charge in [-0.3, -0.25) is 0 Å². The van der Waals surface area contributed by atoms with Crippen LogP contribution in [-0.4, -0.2) is 44.7 Å². The molecule has 0 amide bonds. The summed E-state index contributed by atoms with van der Waals surface area (Å²) in [4.78, 5) is 4.00. The number of hydrogen-bond acceptors (Lipinski definition) is 4. The Kier molecular flexibility index (Phi) is 4.82. The largest absolute Gasteiger partial charge is 0.386 e. The molecule has 0 saturated heterocycles. The first-order valence-corrected chi connectivity index (χ1v) is 16.3. The summed E-state index contributed by atoms with van der Waals surface area (Å²) in [6.07, 6.45) is 5.79. The Balaban J connectivity index is 1.27. The van der Waals surface area contributed by atoms with E-state index in [1.807, 2.05) is 13.0 Å². The van der Waals surface area contributed by atoms with Crippen LogP contribution in [0.15, 0.2) is 48.1 Å². The summed E-state index contributed by atoms with van der Waals surface area (Å²) in [7, 11) is 0. The van der Waals surface area contributed by atoms with Gasteiger partial charge in [0, 0.05) is 38.9 Å². The van der Waals surface area contributed by atoms with Crippen LogP contribution in [-0.2, 0) is 21.3 Å². The number of hydrogen-bond donors (Lipinski definition) is 3. The molecule has 0 bridgehead atoms. The predicted molar refractivity (Wildman–Crippen MR) is 163 cm³/mol. The van der Waals surface area contributed by atoms with Crippen molar-refractivity contribution in [2.24, 2.45) is 23.2 Å². The van der Waals surface area contributed by atoms with Gasteiger partial charge in [0.25, 0.3) is 0 Å². The Morgan fingerprint density at radius 1 is 1.07 bits per heavy atom. The highest BCUT2D eigenvalue weighted by Crippen LogP contribution is 2.74. The molecule has 2 unspecified atom stereocenters. The fraction of sp³-hybridized carbons (Fsp3) is 0.622. The Labute approximate surface area is 249 Å². The number of allylic oxidation sites excluding steroid dienone is 1. The monoisotopic (exact) mass is 567 g/mol. The van der Waals surface area contributed by atoms with Crippen molar-refractivity contribution in [2.45, 2.75) is 120 Å². The fourth-order valence-electron chi connectivity index (χ4n) is 11.7. The highest BCUT2D eigenvalue weighted by atomic mass is 16.5. The Morgan fingerprint density at radius 2 is 1.86 bits per heavy atom. The zero-order valence-corrected chi connectivity index (χ0v) is 25.7. The Morgan fingerprint density at radius 3 is 2.62 bits per heavy atom. The van der Waals surface area contributed by atoms with Gasteiger partial charge in [-0.05, 0) is 111 Å². The van der Waals surface area contributed by atoms with Crippen molar-refractivity contribution in [3.05, 3.63) is 70.5 Å². The lowest BCUT2D eigenvalue weighted by Crippen LogP contribution is -2.68. The van der Waals surface area contributed by atoms with Crippen LogP contribution < -0.4 is 0 Å². The zero-order chi connectivity index (χ0) is 29.3. The maximum absolute atomic E-state index is 13.0. The van der Waals surface area contributed by atoms with E-state index in [1.54, 1.807) is 5.56 Å². The van der Waals surface area contributed by atoms with Gasteiger partial charge in [0.2, 0.25) is 0 Å². The number of ether oxygens (including phenoxy) is 2. The van der Waals surface area contributed by atoms with E-state index < -0.39 is 23.2 Å². The standard InChI is InChI=1S/C37H45NO4/c1-17(2)31-25(39)16-22-26(41-31)11-12-35(6)36(7)21(10-13-37(22,35)40)32-30-29-24(38-33(30)36)9-8-19-14-18(3)20-15-23(28(20)27(19)29)34(4,5)42-32/h8-9,16,20-21,23,25-26,28,31-32,38-40H,1,3,10-15H2,2,4-7H3/t20-,21?,23+,25-,26+,28+,31?,32+,35-,36-,37-/m1/s1. The van der Waals surface area contributed by atoms with Crippen LogP contribution in [0.4, 0.5) is 0 Å². The molecule has 2 aromatic rings. The number of nitrogens with one attached hydrogen (secondary N) is 1. The first-order chi connectivity index (χ1) is 19.8. The summed E-state index contributed by atoms with van der Waals surface area (Å²) in [6, 6.07) is 4.63. The van der Waals surface area contributed by atoms with Gasteiger partial charge in [-0.1, -0.05) is 38.6 Å². The van der Waals surface area contributed by atoms with Crippen LogP contribution >= 0.6 is 0 Å². The summed E-state index contributed by atoms with van der Waals surface area (Å²) in [5.74, 6) is 1.74. The van der Waals surface area contributed by atoms with Crippen LogP contribution in [0.3, 0.4) is 0 Å². The molecular weight excluding hydrogens is 522 g/mol. The maximum atomic E-state index is 13.0. The first kappa shape index (κ1) is 26.2. The van der Waals surface area contributed by atoms with Crippen molar-refractivity contribution >= 4 is 10.9 Å². The first-order valence-electron chi connectivity index (χ1n) is 16.3. The van der Waals surface area contributed by atoms with Crippen LogP contribution in [0.2, 0.25) is 0 Å². The zero-order valence-electron chi connectivity index (χ0n) is 25.7. The van der Waals surface area contributed by atoms with Crippen molar-refractivity contribution in [1.82, 2.24) is 4.98 Å². The average Bonchev–Trinajstić information content (AvgIpc) is 3.38. The van der Waals surface area contributed by atoms with Gasteiger partial charge in [-0.15, -0.1) is 0 Å². The number of rotatable bonds is 1. The minimum Gasteiger partial charge on any atom is -0.386 e. The van der Waals surface area contributed by atoms with Crippen molar-refractivity contribution in [1.29, 1.82) is 0 Å². The summed E-state index contributed by atoms with van der Waals surface area (Å²) < 4.78 is 13.9. The molecule has 5 heteroatoms. The second-order valence-corrected chi connectivity index (χ2v) is 16.0. The highest BCUT2D eigenvalue weighted by molar-refractivity contribution is 5.92. The third kappa shape index (κ3) is 2.70. The fourth-order valence-corrected chi connectivity index (χ4v) is 11.7. The number of aliphatic hydroxyl groups is 2. The summed E-state index contributed by atoms with van der Waals surface area (Å²) >= 11 is 0. The molecule has 5 aliphatic carbocycles. The van der Waals surface area contributed by atoms with Crippen LogP contribution in [0.5, 0.6) is 0 Å². The third-order valence-electron chi connectivity index (χ3n) is 14.1. The van der Waals surface area contributed by atoms with Crippen molar-refractivity contribution in [2.75, 3.05) is 0 Å². The Hall–Kier alpha value is -2.18. The second-order valence-electron chi connectivity index (χ2n) is 16.0. The minimum atomic E-state index is -1.08. The lowest BCUT2D eigenvalue weighted by atomic mass is 9.42. The average molecular weight is 568 g/mol. The van der Waals surface area contributed by atoms with E-state index in [-0.39, 0.29) is 29.1 Å². The molecular formula is C37H45NO4. The molecule has 222 valence electrons. The number of fused-ring (bicyclic) bond motifs is 7. The van der Waals surface area contributed by atoms with Gasteiger partial charge in [0.05, 0.1) is 23.4 Å². The van der Waals surface area contributed by atoms with Gasteiger partial charge < -0.3 is 24.7 Å². The van der Waals surface area contributed by atoms with Crippen molar-refractivity contribution in [3.8, 4) is 0 Å². The summed E-state index contributed by atoms with van der Waals surface area (Å²) in [5.41, 5.74) is 7.80. The predicted octanol–water partition coefficient (Wildman–Crippen LogP) is 6.69. The third-order valence-corrected chi connectivity index (χ3v) is 14.1. The smallest absolute Gasteiger partial charge is 0.108 e. The number of aromatic amines is 1. The number of aromatic nitrogens is 1. The lowest BCUT2D eigenvalue weighted by Gasteiger charge is -2.65. The Bertz CT molecular complexity index is 1650. The van der Waals surface area contributed by atoms with E-state index in [0.717, 1.165) is 43.3 Å². The number of aliphatic hydroxyl groups excluding tert-OH is 1. The van der Waals surface area contributed by atoms with E-state index in [1.165, 1.54) is 33.3 Å². The van der Waals surface area contributed by atoms with Gasteiger partial charge in [0.1, 0.15) is 12.2 Å². The molecule has 1 aromatic carbocycles. The van der Waals surface area contributed by atoms with Crippen molar-refractivity contribution < 1.29 is 19.7 Å². The van der Waals surface area contributed by atoms with E-state index in [4.69, 9.17) is 9.47 Å². The molecule has 42 heavy (non-hydrogen) atoms. The topological polar surface area (TPSA) is 74.7 Å². The summed E-state index contributed by atoms with van der Waals surface area (Å²) in [5, 5.41) is 25.5. The molecule has 0 radical (unpaired) electrons. The molecule has 11 atom stereocenters. The van der Waals surface area contributed by atoms with Crippen LogP contribution in [0.1, 0.15) is 101 Å². The molecule has 5 nitrogen and oxygen atoms in total. The normalized spacial score (nSPS) is 47.4. The van der Waals surface area contributed by atoms with Crippen LogP contribution in [0.25, 0.3) is 10.9 Å². The second kappa shape index (κ2) is 7.72. The van der Waals surface area contributed by atoms with Gasteiger partial charge in [-0.25, -0.2) is 0 Å². The van der Waals surface area contributed by atoms with E-state index in [9.17, 15) is 10.2 Å². The van der Waals surface area contributed by atoms with E-state index >= 15 is 0 Å². The highest BCUT2D eigenvalue weighted by Gasteiger charge is 2.73. The van der Waals surface area contributed by atoms with E-state index in [0.29, 0.717) is 24.2 Å². The molecule has 7 aliphatic rings. The maximum Gasteiger partial charge on any atom is 0.108 e. The molecule has 3 saturated carbocycles. The SMILES string of the molecule is C=C(C)C1O[C@H]2CC[C@@]3(C)[C@@](O)(CCC4[C@@H]5OC(C)(C)[C@H]6C[C@@H]7C(=C)Cc8ccc9[nH]c(c5c9c8[C@@H]76)[C@@]43C)C2=C[C@H]1O. The quantitative estimate of drug-likeness (QED) is 0.336. The molecule has 0 spiro atoms. The molecule has 3 fully saturated rings. The van der Waals surface area contributed by atoms with Crippen molar-refractivity contribution in [3.63, 3.8) is 0 Å². The van der Waals surface area contributed by atoms with Gasteiger partial charge >= 0.3 is 0 Å². The molecule has 3 heterocycles. The lowest BCUT2D eigenvalue weighted by molar-refractivity contribution is -0.215. The number of H-pyrrole nitrogens is 1.